The molecule has 3 aromatic rings. The average molecular weight is 494 g/mol. The van der Waals surface area contributed by atoms with E-state index in [1.165, 1.54) is 6.07 Å². The van der Waals surface area contributed by atoms with Crippen LogP contribution in [0.3, 0.4) is 0 Å². The van der Waals surface area contributed by atoms with Crippen molar-refractivity contribution in [1.82, 2.24) is 0 Å². The summed E-state index contributed by atoms with van der Waals surface area (Å²) < 4.78 is 29.0. The second-order valence-corrected chi connectivity index (χ2v) is 9.45. The van der Waals surface area contributed by atoms with E-state index < -0.39 is 15.9 Å². The minimum Gasteiger partial charge on any atom is -0.322 e. The quantitative estimate of drug-likeness (QED) is 0.473. The lowest BCUT2D eigenvalue weighted by Crippen LogP contribution is -2.17. The first-order valence-corrected chi connectivity index (χ1v) is 11.3. The smallest absolute Gasteiger partial charge is 0.262 e. The van der Waals surface area contributed by atoms with E-state index in [-0.39, 0.29) is 10.5 Å². The third-order valence-electron chi connectivity index (χ3n) is 4.19. The van der Waals surface area contributed by atoms with E-state index in [0.29, 0.717) is 26.4 Å². The van der Waals surface area contributed by atoms with Crippen LogP contribution in [0.1, 0.15) is 21.5 Å². The average Bonchev–Trinajstić information content (AvgIpc) is 2.64. The summed E-state index contributed by atoms with van der Waals surface area (Å²) in [7, 11) is -3.86. The zero-order valence-corrected chi connectivity index (χ0v) is 18.8. The van der Waals surface area contributed by atoms with Gasteiger partial charge >= 0.3 is 0 Å². The van der Waals surface area contributed by atoms with Crippen molar-refractivity contribution in [1.29, 1.82) is 0 Å². The van der Waals surface area contributed by atoms with Gasteiger partial charge in [0.15, 0.2) is 0 Å². The number of amides is 1. The van der Waals surface area contributed by atoms with Gasteiger partial charge in [0.25, 0.3) is 15.9 Å². The van der Waals surface area contributed by atoms with Crippen molar-refractivity contribution in [3.63, 3.8) is 0 Å². The van der Waals surface area contributed by atoms with E-state index in [0.717, 1.165) is 5.56 Å². The van der Waals surface area contributed by atoms with Crippen LogP contribution in [-0.4, -0.2) is 14.3 Å². The van der Waals surface area contributed by atoms with E-state index in [2.05, 4.69) is 26.0 Å². The fourth-order valence-corrected chi connectivity index (χ4v) is 4.48. The summed E-state index contributed by atoms with van der Waals surface area (Å²) >= 11 is 9.34. The molecule has 0 heterocycles. The number of nitrogens with one attached hydrogen (secondary N) is 2. The molecule has 2 N–H and O–H groups in total. The standard InChI is InChI=1S/C21H18BrClN2O3S/c1-13-4-3-5-17(10-13)25-29(27,28)20-11-15(7-6-14(20)2)21(26)24-16-8-9-18(22)19(23)12-16/h3-12,25H,1-2H3,(H,24,26). The summed E-state index contributed by atoms with van der Waals surface area (Å²) in [5.74, 6) is -0.435. The normalized spacial score (nSPS) is 11.2. The Morgan fingerprint density at radius 1 is 0.966 bits per heavy atom. The van der Waals surface area contributed by atoms with Crippen LogP contribution in [-0.2, 0) is 10.0 Å². The molecule has 0 radical (unpaired) electrons. The number of benzene rings is 3. The van der Waals surface area contributed by atoms with E-state index in [4.69, 9.17) is 11.6 Å². The van der Waals surface area contributed by atoms with Crippen LogP contribution >= 0.6 is 27.5 Å². The zero-order chi connectivity index (χ0) is 21.2. The molecular weight excluding hydrogens is 476 g/mol. The number of aryl methyl sites for hydroxylation is 2. The minimum absolute atomic E-state index is 0.0421. The Morgan fingerprint density at radius 3 is 2.41 bits per heavy atom. The van der Waals surface area contributed by atoms with Crippen molar-refractivity contribution in [2.75, 3.05) is 10.0 Å². The first-order valence-electron chi connectivity index (χ1n) is 8.62. The summed E-state index contributed by atoms with van der Waals surface area (Å²) in [6.45, 7) is 3.56. The van der Waals surface area contributed by atoms with Gasteiger partial charge in [-0.2, -0.15) is 0 Å². The molecule has 0 fully saturated rings. The maximum absolute atomic E-state index is 12.9. The largest absolute Gasteiger partial charge is 0.322 e. The molecule has 8 heteroatoms. The van der Waals surface area contributed by atoms with Gasteiger partial charge in [-0.1, -0.05) is 29.8 Å². The number of anilines is 2. The van der Waals surface area contributed by atoms with Crippen LogP contribution in [0.25, 0.3) is 0 Å². The molecule has 150 valence electrons. The molecular formula is C21H18BrClN2O3S. The highest BCUT2D eigenvalue weighted by Gasteiger charge is 2.19. The van der Waals surface area contributed by atoms with Crippen LogP contribution in [0.2, 0.25) is 5.02 Å². The molecule has 0 aromatic heterocycles. The fraction of sp³-hybridized carbons (Fsp3) is 0.0952. The van der Waals surface area contributed by atoms with Crippen molar-refractivity contribution in [3.05, 3.63) is 86.8 Å². The lowest BCUT2D eigenvalue weighted by atomic mass is 10.1. The fourth-order valence-electron chi connectivity index (χ4n) is 2.73. The van der Waals surface area contributed by atoms with E-state index in [9.17, 15) is 13.2 Å². The molecule has 0 spiro atoms. The van der Waals surface area contributed by atoms with Crippen molar-refractivity contribution in [3.8, 4) is 0 Å². The van der Waals surface area contributed by atoms with Gasteiger partial charge in [-0.25, -0.2) is 8.42 Å². The lowest BCUT2D eigenvalue weighted by molar-refractivity contribution is 0.102. The summed E-state index contributed by atoms with van der Waals surface area (Å²) in [5.41, 5.74) is 2.66. The van der Waals surface area contributed by atoms with Crippen LogP contribution < -0.4 is 10.0 Å². The highest BCUT2D eigenvalue weighted by atomic mass is 79.9. The number of rotatable bonds is 5. The van der Waals surface area contributed by atoms with Gasteiger partial charge in [-0.05, 0) is 83.4 Å². The predicted molar refractivity (Wildman–Crippen MR) is 120 cm³/mol. The maximum Gasteiger partial charge on any atom is 0.262 e. The number of hydrogen-bond acceptors (Lipinski definition) is 3. The first-order chi connectivity index (χ1) is 13.7. The summed E-state index contributed by atoms with van der Waals surface area (Å²) in [6.07, 6.45) is 0. The van der Waals surface area contributed by atoms with E-state index >= 15 is 0 Å². The Labute approximate surface area is 183 Å². The molecule has 5 nitrogen and oxygen atoms in total. The predicted octanol–water partition coefficient (Wildman–Crippen LogP) is 5.77. The molecule has 29 heavy (non-hydrogen) atoms. The molecule has 1 amide bonds. The van der Waals surface area contributed by atoms with Crippen molar-refractivity contribution in [2.45, 2.75) is 18.7 Å². The topological polar surface area (TPSA) is 75.3 Å². The highest BCUT2D eigenvalue weighted by Crippen LogP contribution is 2.26. The molecule has 0 aliphatic rings. The monoisotopic (exact) mass is 492 g/mol. The minimum atomic E-state index is -3.86. The number of carbonyl (C=O) groups is 1. The lowest BCUT2D eigenvalue weighted by Gasteiger charge is -2.13. The third kappa shape index (κ3) is 5.18. The molecule has 0 saturated heterocycles. The molecule has 0 bridgehead atoms. The van der Waals surface area contributed by atoms with Crippen molar-refractivity contribution < 1.29 is 13.2 Å². The Hall–Kier alpha value is -2.35. The Bertz CT molecular complexity index is 1200. The van der Waals surface area contributed by atoms with E-state index in [1.54, 1.807) is 55.5 Å². The third-order valence-corrected chi connectivity index (χ3v) is 6.94. The highest BCUT2D eigenvalue weighted by molar-refractivity contribution is 9.10. The SMILES string of the molecule is Cc1cccc(NS(=O)(=O)c2cc(C(=O)Nc3ccc(Br)c(Cl)c3)ccc2C)c1. The molecule has 0 aliphatic carbocycles. The Balaban J connectivity index is 1.88. The second-order valence-electron chi connectivity index (χ2n) is 6.54. The van der Waals surface area contributed by atoms with Gasteiger partial charge in [0.1, 0.15) is 0 Å². The first kappa shape index (κ1) is 21.4. The number of carbonyl (C=O) groups excluding carboxylic acids is 1. The number of sulfonamides is 1. The molecule has 0 saturated carbocycles. The molecule has 3 aromatic carbocycles. The van der Waals surface area contributed by atoms with Crippen LogP contribution in [0, 0.1) is 13.8 Å². The van der Waals surface area contributed by atoms with Crippen molar-refractivity contribution in [2.24, 2.45) is 0 Å². The molecule has 0 atom stereocenters. The van der Waals surface area contributed by atoms with E-state index in [1.807, 2.05) is 13.0 Å². The number of halogens is 2. The molecule has 3 rings (SSSR count). The maximum atomic E-state index is 12.9. The van der Waals surface area contributed by atoms with Gasteiger partial charge in [0.05, 0.1) is 9.92 Å². The van der Waals surface area contributed by atoms with Gasteiger partial charge in [0.2, 0.25) is 0 Å². The Morgan fingerprint density at radius 2 is 1.72 bits per heavy atom. The van der Waals surface area contributed by atoms with Gasteiger partial charge in [-0.3, -0.25) is 9.52 Å². The Kier molecular flexibility index (Phi) is 6.31. The summed E-state index contributed by atoms with van der Waals surface area (Å²) in [4.78, 5) is 12.7. The van der Waals surface area contributed by atoms with Crippen LogP contribution in [0.4, 0.5) is 11.4 Å². The zero-order valence-electron chi connectivity index (χ0n) is 15.7. The summed E-state index contributed by atoms with van der Waals surface area (Å²) in [6, 6.07) is 16.6. The van der Waals surface area contributed by atoms with Crippen molar-refractivity contribution >= 4 is 54.8 Å². The van der Waals surface area contributed by atoms with Gasteiger partial charge in [-0.15, -0.1) is 0 Å². The summed E-state index contributed by atoms with van der Waals surface area (Å²) in [5, 5.41) is 3.18. The second kappa shape index (κ2) is 8.57. The van der Waals surface area contributed by atoms with Gasteiger partial charge < -0.3 is 5.32 Å². The van der Waals surface area contributed by atoms with Gasteiger partial charge in [0, 0.05) is 21.4 Å². The molecule has 0 unspecified atom stereocenters. The van der Waals surface area contributed by atoms with Crippen LogP contribution in [0.15, 0.2) is 70.0 Å². The van der Waals surface area contributed by atoms with Crippen LogP contribution in [0.5, 0.6) is 0 Å². The number of hydrogen-bond donors (Lipinski definition) is 2. The molecule has 0 aliphatic heterocycles.